The van der Waals surface area contributed by atoms with E-state index >= 15 is 0 Å². The summed E-state index contributed by atoms with van der Waals surface area (Å²) < 4.78 is 0. The first-order chi connectivity index (χ1) is 12.6. The predicted molar refractivity (Wildman–Crippen MR) is 108 cm³/mol. The molecule has 6 heteroatoms. The Morgan fingerprint density at radius 3 is 2.69 bits per heavy atom. The van der Waals surface area contributed by atoms with Crippen LogP contribution in [-0.2, 0) is 0 Å². The Balaban J connectivity index is 1.68. The number of nitrogens with one attached hydrogen (secondary N) is 1. The molecule has 26 heavy (non-hydrogen) atoms. The van der Waals surface area contributed by atoms with Crippen molar-refractivity contribution in [1.29, 1.82) is 5.41 Å². The number of hydrogen-bond acceptors (Lipinski definition) is 4. The second-order valence-electron chi connectivity index (χ2n) is 6.04. The smallest absolute Gasteiger partial charge is 0.139 e. The molecule has 0 radical (unpaired) electrons. The number of hydrogen-bond donors (Lipinski definition) is 2. The van der Waals surface area contributed by atoms with E-state index < -0.39 is 0 Å². The summed E-state index contributed by atoms with van der Waals surface area (Å²) >= 11 is 7.65. The highest BCUT2D eigenvalue weighted by Crippen LogP contribution is 2.36. The zero-order chi connectivity index (χ0) is 18.3. The SMILES string of the molecule is Cc1c(Cl)cccc1N1CC(O)=C(c2nc(-c3ccccc3)cs2)C1=N. The minimum atomic E-state index is 0.156. The molecule has 4 rings (SSSR count). The topological polar surface area (TPSA) is 60.2 Å². The predicted octanol–water partition coefficient (Wildman–Crippen LogP) is 5.54. The van der Waals surface area contributed by atoms with Gasteiger partial charge in [0.15, 0.2) is 0 Å². The maximum absolute atomic E-state index is 10.5. The molecule has 0 saturated carbocycles. The van der Waals surface area contributed by atoms with Gasteiger partial charge in [0, 0.05) is 21.7 Å². The second kappa shape index (κ2) is 6.59. The highest BCUT2D eigenvalue weighted by atomic mass is 35.5. The molecule has 2 heterocycles. The van der Waals surface area contributed by atoms with Crippen molar-refractivity contribution in [2.45, 2.75) is 6.92 Å². The molecule has 0 saturated heterocycles. The Labute approximate surface area is 160 Å². The van der Waals surface area contributed by atoms with Crippen LogP contribution in [0, 0.1) is 12.3 Å². The zero-order valence-corrected chi connectivity index (χ0v) is 15.6. The van der Waals surface area contributed by atoms with E-state index in [1.165, 1.54) is 11.3 Å². The van der Waals surface area contributed by atoms with E-state index in [0.29, 0.717) is 15.6 Å². The Hall–Kier alpha value is -2.63. The first-order valence-electron chi connectivity index (χ1n) is 8.11. The maximum atomic E-state index is 10.5. The molecule has 4 nitrogen and oxygen atoms in total. The molecule has 0 aliphatic carbocycles. The third-order valence-corrected chi connectivity index (χ3v) is 5.69. The third kappa shape index (κ3) is 2.79. The number of anilines is 1. The van der Waals surface area contributed by atoms with E-state index in [-0.39, 0.29) is 18.1 Å². The van der Waals surface area contributed by atoms with E-state index in [9.17, 15) is 5.11 Å². The molecular formula is C20H16ClN3OS. The zero-order valence-electron chi connectivity index (χ0n) is 14.0. The molecule has 0 spiro atoms. The molecule has 130 valence electrons. The number of aromatic nitrogens is 1. The number of rotatable bonds is 3. The summed E-state index contributed by atoms with van der Waals surface area (Å²) in [5.74, 6) is 0.394. The van der Waals surface area contributed by atoms with Gasteiger partial charge in [-0.15, -0.1) is 11.3 Å². The largest absolute Gasteiger partial charge is 0.510 e. The number of benzene rings is 2. The molecule has 0 bridgehead atoms. The third-order valence-electron chi connectivity index (χ3n) is 4.42. The average molecular weight is 382 g/mol. The quantitative estimate of drug-likeness (QED) is 0.626. The van der Waals surface area contributed by atoms with Crippen LogP contribution in [0.5, 0.6) is 0 Å². The van der Waals surface area contributed by atoms with Crippen molar-refractivity contribution in [3.63, 3.8) is 0 Å². The second-order valence-corrected chi connectivity index (χ2v) is 7.31. The van der Waals surface area contributed by atoms with Gasteiger partial charge >= 0.3 is 0 Å². The van der Waals surface area contributed by atoms with Gasteiger partial charge in [-0.1, -0.05) is 48.0 Å². The summed E-state index contributed by atoms with van der Waals surface area (Å²) in [6.07, 6.45) is 0. The first-order valence-corrected chi connectivity index (χ1v) is 9.37. The molecular weight excluding hydrogens is 366 g/mol. The molecule has 1 aliphatic heterocycles. The standard InChI is InChI=1S/C20H16ClN3OS/c1-12-14(21)8-5-9-16(12)24-10-17(25)18(19(24)22)20-23-15(11-26-20)13-6-3-2-4-7-13/h2-9,11,22,25H,10H2,1H3. The summed E-state index contributed by atoms with van der Waals surface area (Å²) in [5.41, 5.74) is 4.05. The average Bonchev–Trinajstić information content (AvgIpc) is 3.23. The van der Waals surface area contributed by atoms with E-state index in [4.69, 9.17) is 17.0 Å². The van der Waals surface area contributed by atoms with Gasteiger partial charge in [0.2, 0.25) is 0 Å². The van der Waals surface area contributed by atoms with Crippen LogP contribution >= 0.6 is 22.9 Å². The summed E-state index contributed by atoms with van der Waals surface area (Å²) in [6.45, 7) is 2.16. The van der Waals surface area contributed by atoms with Gasteiger partial charge in [-0.05, 0) is 24.6 Å². The van der Waals surface area contributed by atoms with Crippen molar-refractivity contribution >= 4 is 40.0 Å². The van der Waals surface area contributed by atoms with Gasteiger partial charge in [0.25, 0.3) is 0 Å². The number of nitrogens with zero attached hydrogens (tertiary/aromatic N) is 2. The Bertz CT molecular complexity index is 1030. The number of thiazole rings is 1. The lowest BCUT2D eigenvalue weighted by molar-refractivity contribution is 0.411. The lowest BCUT2D eigenvalue weighted by atomic mass is 10.1. The molecule has 0 atom stereocenters. The fraction of sp³-hybridized carbons (Fsp3) is 0.100. The van der Waals surface area contributed by atoms with Gasteiger partial charge in [0.1, 0.15) is 16.6 Å². The van der Waals surface area contributed by atoms with Crippen molar-refractivity contribution in [3.05, 3.63) is 75.3 Å². The normalized spacial score (nSPS) is 14.4. The van der Waals surface area contributed by atoms with E-state index in [1.807, 2.05) is 60.8 Å². The van der Waals surface area contributed by atoms with Gasteiger partial charge in [-0.25, -0.2) is 4.98 Å². The number of amidine groups is 1. The lowest BCUT2D eigenvalue weighted by Crippen LogP contribution is -2.26. The van der Waals surface area contributed by atoms with E-state index in [2.05, 4.69) is 4.98 Å². The Morgan fingerprint density at radius 2 is 1.92 bits per heavy atom. The molecule has 3 aromatic rings. The number of aliphatic hydroxyl groups is 1. The molecule has 0 amide bonds. The monoisotopic (exact) mass is 381 g/mol. The minimum absolute atomic E-state index is 0.156. The van der Waals surface area contributed by atoms with Crippen molar-refractivity contribution in [2.24, 2.45) is 0 Å². The summed E-state index contributed by atoms with van der Waals surface area (Å²) in [5, 5.41) is 22.3. The van der Waals surface area contributed by atoms with Gasteiger partial charge in [0.05, 0.1) is 17.8 Å². The molecule has 2 aromatic carbocycles. The van der Waals surface area contributed by atoms with Crippen molar-refractivity contribution < 1.29 is 5.11 Å². The van der Waals surface area contributed by atoms with E-state index in [0.717, 1.165) is 22.5 Å². The van der Waals surface area contributed by atoms with Crippen LogP contribution in [0.4, 0.5) is 5.69 Å². The van der Waals surface area contributed by atoms with Crippen LogP contribution < -0.4 is 4.90 Å². The maximum Gasteiger partial charge on any atom is 0.139 e. The van der Waals surface area contributed by atoms with Crippen LogP contribution in [0.1, 0.15) is 10.6 Å². The summed E-state index contributed by atoms with van der Waals surface area (Å²) in [7, 11) is 0. The Kier molecular flexibility index (Phi) is 4.26. The molecule has 0 fully saturated rings. The molecule has 1 aliphatic rings. The van der Waals surface area contributed by atoms with E-state index in [1.54, 1.807) is 4.90 Å². The van der Waals surface area contributed by atoms with Crippen LogP contribution in [0.15, 0.2) is 59.7 Å². The summed E-state index contributed by atoms with van der Waals surface area (Å²) in [6, 6.07) is 15.5. The molecule has 0 unspecified atom stereocenters. The van der Waals surface area contributed by atoms with Crippen LogP contribution in [0.25, 0.3) is 16.8 Å². The van der Waals surface area contributed by atoms with Crippen LogP contribution in [0.3, 0.4) is 0 Å². The highest BCUT2D eigenvalue weighted by molar-refractivity contribution is 7.11. The van der Waals surface area contributed by atoms with Crippen molar-refractivity contribution in [3.8, 4) is 11.3 Å². The van der Waals surface area contributed by atoms with Crippen LogP contribution in [-0.4, -0.2) is 22.5 Å². The van der Waals surface area contributed by atoms with Crippen molar-refractivity contribution in [1.82, 2.24) is 4.98 Å². The van der Waals surface area contributed by atoms with Crippen molar-refractivity contribution in [2.75, 3.05) is 11.4 Å². The number of aliphatic hydroxyl groups excluding tert-OH is 1. The minimum Gasteiger partial charge on any atom is -0.510 e. The van der Waals surface area contributed by atoms with Gasteiger partial charge in [-0.3, -0.25) is 5.41 Å². The van der Waals surface area contributed by atoms with Gasteiger partial charge < -0.3 is 10.0 Å². The molecule has 1 aromatic heterocycles. The number of halogens is 1. The molecule has 2 N–H and O–H groups in total. The highest BCUT2D eigenvalue weighted by Gasteiger charge is 2.32. The fourth-order valence-corrected chi connectivity index (χ4v) is 4.09. The lowest BCUT2D eigenvalue weighted by Gasteiger charge is -2.21. The van der Waals surface area contributed by atoms with Gasteiger partial charge in [-0.2, -0.15) is 0 Å². The fourth-order valence-electron chi connectivity index (χ4n) is 3.03. The summed E-state index contributed by atoms with van der Waals surface area (Å²) in [4.78, 5) is 6.40. The first kappa shape index (κ1) is 16.8. The Morgan fingerprint density at radius 1 is 1.15 bits per heavy atom. The van der Waals surface area contributed by atoms with Crippen LogP contribution in [0.2, 0.25) is 5.02 Å².